The molecule has 0 fully saturated rings. The molecule has 1 aromatic rings. The zero-order valence-corrected chi connectivity index (χ0v) is 8.28. The van der Waals surface area contributed by atoms with E-state index in [4.69, 9.17) is 5.73 Å². The van der Waals surface area contributed by atoms with Crippen LogP contribution in [-0.2, 0) is 12.7 Å². The first-order valence-corrected chi connectivity index (χ1v) is 4.32. The molecule has 0 aliphatic rings. The molecule has 0 bridgehead atoms. The number of rotatable bonds is 2. The van der Waals surface area contributed by atoms with E-state index in [2.05, 4.69) is 4.98 Å². The van der Waals surface area contributed by atoms with Crippen molar-refractivity contribution in [3.8, 4) is 0 Å². The normalized spacial score (nSPS) is 12.2. The molecule has 1 aromatic heterocycles. The lowest BCUT2D eigenvalue weighted by Crippen LogP contribution is -2.16. The Hall–Kier alpha value is -1.24. The lowest BCUT2D eigenvalue weighted by atomic mass is 10.0. The van der Waals surface area contributed by atoms with E-state index in [-0.39, 0.29) is 17.7 Å². The molecule has 0 saturated heterocycles. The molecule has 1 heterocycles. The van der Waals surface area contributed by atoms with Gasteiger partial charge < -0.3 is 5.73 Å². The Labute approximate surface area is 88.3 Å². The molecule has 90 valence electrons. The molecule has 2 nitrogen and oxygen atoms in total. The van der Waals surface area contributed by atoms with Gasteiger partial charge >= 0.3 is 6.18 Å². The van der Waals surface area contributed by atoms with Gasteiger partial charge in [0.25, 0.3) is 6.43 Å². The summed E-state index contributed by atoms with van der Waals surface area (Å²) >= 11 is 0. The summed E-state index contributed by atoms with van der Waals surface area (Å²) in [5.74, 6) is 0. The fourth-order valence-corrected chi connectivity index (χ4v) is 1.39. The summed E-state index contributed by atoms with van der Waals surface area (Å²) in [5.41, 5.74) is 2.38. The predicted molar refractivity (Wildman–Crippen MR) is 46.8 cm³/mol. The van der Waals surface area contributed by atoms with Crippen LogP contribution in [0.1, 0.15) is 28.8 Å². The quantitative estimate of drug-likeness (QED) is 0.807. The van der Waals surface area contributed by atoms with E-state index < -0.39 is 23.9 Å². The van der Waals surface area contributed by atoms with E-state index in [9.17, 15) is 22.0 Å². The Bertz CT molecular complexity index is 386. The molecule has 0 aliphatic heterocycles. The third kappa shape index (κ3) is 2.29. The number of nitrogens with zero attached hydrogens (tertiary/aromatic N) is 1. The van der Waals surface area contributed by atoms with E-state index in [1.807, 2.05) is 0 Å². The van der Waals surface area contributed by atoms with Gasteiger partial charge in [0.2, 0.25) is 0 Å². The highest BCUT2D eigenvalue weighted by molar-refractivity contribution is 5.38. The van der Waals surface area contributed by atoms with Gasteiger partial charge in [0.15, 0.2) is 0 Å². The van der Waals surface area contributed by atoms with Crippen LogP contribution in [0.15, 0.2) is 6.20 Å². The Morgan fingerprint density at radius 2 is 1.94 bits per heavy atom. The number of pyridine rings is 1. The monoisotopic (exact) mass is 240 g/mol. The third-order valence-electron chi connectivity index (χ3n) is 2.18. The molecule has 2 N–H and O–H groups in total. The molecule has 0 aromatic carbocycles. The second-order valence-electron chi connectivity index (χ2n) is 3.17. The largest absolute Gasteiger partial charge is 0.418 e. The van der Waals surface area contributed by atoms with Crippen molar-refractivity contribution >= 4 is 0 Å². The molecule has 0 radical (unpaired) electrons. The highest BCUT2D eigenvalue weighted by Crippen LogP contribution is 2.38. The summed E-state index contributed by atoms with van der Waals surface area (Å²) in [6, 6.07) is 0. The molecule has 0 atom stereocenters. The summed E-state index contributed by atoms with van der Waals surface area (Å²) in [4.78, 5) is 3.13. The minimum Gasteiger partial charge on any atom is -0.326 e. The van der Waals surface area contributed by atoms with Gasteiger partial charge in [0, 0.05) is 12.7 Å². The van der Waals surface area contributed by atoms with Gasteiger partial charge in [-0.3, -0.25) is 4.98 Å². The number of hydrogen-bond donors (Lipinski definition) is 1. The van der Waals surface area contributed by atoms with E-state index in [0.717, 1.165) is 13.1 Å². The second kappa shape index (κ2) is 4.32. The number of halogens is 5. The summed E-state index contributed by atoms with van der Waals surface area (Å²) < 4.78 is 62.5. The van der Waals surface area contributed by atoms with Crippen LogP contribution >= 0.6 is 0 Å². The lowest BCUT2D eigenvalue weighted by Gasteiger charge is -2.16. The van der Waals surface area contributed by atoms with Crippen molar-refractivity contribution in [3.05, 3.63) is 28.6 Å². The SMILES string of the molecule is Cc1c(CN)cnc(C(F)F)c1C(F)(F)F. The van der Waals surface area contributed by atoms with Crippen LogP contribution in [0.4, 0.5) is 22.0 Å². The Morgan fingerprint density at radius 1 is 1.38 bits per heavy atom. The summed E-state index contributed by atoms with van der Waals surface area (Å²) in [5, 5.41) is 0. The van der Waals surface area contributed by atoms with Crippen molar-refractivity contribution in [2.75, 3.05) is 0 Å². The minimum atomic E-state index is -4.85. The zero-order chi connectivity index (χ0) is 12.5. The summed E-state index contributed by atoms with van der Waals surface area (Å²) in [7, 11) is 0. The standard InChI is InChI=1S/C9H9F5N2/c1-4-5(2-15)3-16-7(8(10)11)6(4)9(12,13)14/h3,8H,2,15H2,1H3. The molecular formula is C9H9F5N2. The molecule has 0 unspecified atom stereocenters. The average Bonchev–Trinajstić information content (AvgIpc) is 2.14. The first-order valence-electron chi connectivity index (χ1n) is 4.32. The van der Waals surface area contributed by atoms with Crippen LogP contribution in [0.2, 0.25) is 0 Å². The van der Waals surface area contributed by atoms with E-state index in [1.54, 1.807) is 0 Å². The molecule has 0 amide bonds. The fourth-order valence-electron chi connectivity index (χ4n) is 1.39. The number of nitrogens with two attached hydrogens (primary N) is 1. The Balaban J connectivity index is 3.50. The third-order valence-corrected chi connectivity index (χ3v) is 2.18. The molecule has 16 heavy (non-hydrogen) atoms. The van der Waals surface area contributed by atoms with Gasteiger partial charge in [-0.25, -0.2) is 8.78 Å². The zero-order valence-electron chi connectivity index (χ0n) is 8.28. The maximum atomic E-state index is 12.6. The van der Waals surface area contributed by atoms with Crippen LogP contribution in [0.25, 0.3) is 0 Å². The molecule has 1 rings (SSSR count). The number of aromatic nitrogens is 1. The highest BCUT2D eigenvalue weighted by Gasteiger charge is 2.39. The lowest BCUT2D eigenvalue weighted by molar-refractivity contribution is -0.140. The average molecular weight is 240 g/mol. The number of hydrogen-bond acceptors (Lipinski definition) is 2. The molecule has 7 heteroatoms. The van der Waals surface area contributed by atoms with Gasteiger partial charge in [0.05, 0.1) is 5.56 Å². The molecular weight excluding hydrogens is 231 g/mol. The minimum absolute atomic E-state index is 0.108. The van der Waals surface area contributed by atoms with Gasteiger partial charge in [0.1, 0.15) is 5.69 Å². The number of alkyl halides is 5. The maximum Gasteiger partial charge on any atom is 0.418 e. The van der Waals surface area contributed by atoms with Crippen molar-refractivity contribution in [1.82, 2.24) is 4.98 Å². The van der Waals surface area contributed by atoms with E-state index >= 15 is 0 Å². The molecule has 0 aliphatic carbocycles. The summed E-state index contributed by atoms with van der Waals surface area (Å²) in [6.07, 6.45) is -7.16. The van der Waals surface area contributed by atoms with Gasteiger partial charge in [-0.05, 0) is 18.1 Å². The molecule has 0 saturated carbocycles. The van der Waals surface area contributed by atoms with Crippen LogP contribution in [0.3, 0.4) is 0 Å². The predicted octanol–water partition coefficient (Wildman–Crippen LogP) is 2.81. The Kier molecular flexibility index (Phi) is 3.47. The van der Waals surface area contributed by atoms with Crippen molar-refractivity contribution in [3.63, 3.8) is 0 Å². The first-order chi connectivity index (χ1) is 7.29. The Morgan fingerprint density at radius 3 is 2.31 bits per heavy atom. The topological polar surface area (TPSA) is 38.9 Å². The van der Waals surface area contributed by atoms with Crippen LogP contribution in [-0.4, -0.2) is 4.98 Å². The highest BCUT2D eigenvalue weighted by atomic mass is 19.4. The van der Waals surface area contributed by atoms with Crippen molar-refractivity contribution in [2.45, 2.75) is 26.1 Å². The summed E-state index contributed by atoms with van der Waals surface area (Å²) in [6.45, 7) is 0.935. The van der Waals surface area contributed by atoms with Crippen LogP contribution < -0.4 is 5.73 Å². The maximum absolute atomic E-state index is 12.6. The van der Waals surface area contributed by atoms with E-state index in [1.165, 1.54) is 0 Å². The first kappa shape index (κ1) is 12.8. The van der Waals surface area contributed by atoms with Gasteiger partial charge in [-0.1, -0.05) is 0 Å². The van der Waals surface area contributed by atoms with Gasteiger partial charge in [-0.2, -0.15) is 13.2 Å². The smallest absolute Gasteiger partial charge is 0.326 e. The van der Waals surface area contributed by atoms with E-state index in [0.29, 0.717) is 0 Å². The molecule has 0 spiro atoms. The van der Waals surface area contributed by atoms with Crippen molar-refractivity contribution < 1.29 is 22.0 Å². The van der Waals surface area contributed by atoms with Crippen LogP contribution in [0, 0.1) is 6.92 Å². The van der Waals surface area contributed by atoms with Crippen molar-refractivity contribution in [1.29, 1.82) is 0 Å². The van der Waals surface area contributed by atoms with Crippen molar-refractivity contribution in [2.24, 2.45) is 5.73 Å². The second-order valence-corrected chi connectivity index (χ2v) is 3.17. The van der Waals surface area contributed by atoms with Gasteiger partial charge in [-0.15, -0.1) is 0 Å². The fraction of sp³-hybridized carbons (Fsp3) is 0.444. The van der Waals surface area contributed by atoms with Crippen LogP contribution in [0.5, 0.6) is 0 Å².